The SMILES string of the molecule is CC(C)CO.CC(C)CO.CCO.CCO.[Zr]. The summed E-state index contributed by atoms with van der Waals surface area (Å²) in [7, 11) is 0. The van der Waals surface area contributed by atoms with Crippen molar-refractivity contribution in [3.05, 3.63) is 0 Å². The molecule has 0 radical (unpaired) electrons. The Bertz CT molecular complexity index is 70.9. The van der Waals surface area contributed by atoms with Crippen molar-refractivity contribution in [3.8, 4) is 0 Å². The standard InChI is InChI=1S/2C4H10O.2C2H6O.Zr/c2*1-4(2)3-5;2*1-2-3;/h2*4-5H,3H2,1-2H3;2*3H,2H2,1H3;. The van der Waals surface area contributed by atoms with Gasteiger partial charge in [-0.05, 0) is 25.7 Å². The molecule has 17 heavy (non-hydrogen) atoms. The predicted octanol–water partition coefficient (Wildman–Crippen LogP) is 1.26. The van der Waals surface area contributed by atoms with Crippen LogP contribution in [0.3, 0.4) is 0 Å². The molecule has 5 heteroatoms. The summed E-state index contributed by atoms with van der Waals surface area (Å²) >= 11 is 0. The monoisotopic (exact) mass is 330 g/mol. The molecule has 0 aromatic carbocycles. The van der Waals surface area contributed by atoms with Crippen LogP contribution in [0.15, 0.2) is 0 Å². The fourth-order valence-electron chi connectivity index (χ4n) is 0. The Balaban J connectivity index is -0.0000000381. The first-order chi connectivity index (χ1) is 7.37. The molecule has 0 amide bonds. The Labute approximate surface area is 126 Å². The zero-order valence-corrected chi connectivity index (χ0v) is 14.7. The first-order valence-corrected chi connectivity index (χ1v) is 5.81. The molecule has 0 aromatic rings. The van der Waals surface area contributed by atoms with E-state index in [1.165, 1.54) is 0 Å². The zero-order chi connectivity index (χ0) is 14.0. The Morgan fingerprint density at radius 2 is 0.706 bits per heavy atom. The van der Waals surface area contributed by atoms with Crippen molar-refractivity contribution in [1.82, 2.24) is 0 Å². The van der Waals surface area contributed by atoms with Gasteiger partial charge in [0.05, 0.1) is 0 Å². The van der Waals surface area contributed by atoms with Gasteiger partial charge < -0.3 is 20.4 Å². The van der Waals surface area contributed by atoms with Crippen LogP contribution in [0.5, 0.6) is 0 Å². The molecule has 0 rings (SSSR count). The average molecular weight is 332 g/mol. The first-order valence-electron chi connectivity index (χ1n) is 5.81. The number of rotatable bonds is 2. The fraction of sp³-hybridized carbons (Fsp3) is 1.00. The molecular formula is C12H32O4Zr. The van der Waals surface area contributed by atoms with Crippen molar-refractivity contribution in [3.63, 3.8) is 0 Å². The third-order valence-electron chi connectivity index (χ3n) is 0.730. The van der Waals surface area contributed by atoms with Gasteiger partial charge in [-0.3, -0.25) is 0 Å². The smallest absolute Gasteiger partial charge is 0.0453 e. The van der Waals surface area contributed by atoms with Gasteiger partial charge >= 0.3 is 0 Å². The summed E-state index contributed by atoms with van der Waals surface area (Å²) < 4.78 is 0. The summed E-state index contributed by atoms with van der Waals surface area (Å²) in [5.41, 5.74) is 0. The van der Waals surface area contributed by atoms with Crippen molar-refractivity contribution < 1.29 is 46.6 Å². The number of aliphatic hydroxyl groups excluding tert-OH is 4. The minimum absolute atomic E-state index is 0. The number of hydrogen-bond donors (Lipinski definition) is 4. The second kappa shape index (κ2) is 36.0. The maximum absolute atomic E-state index is 8.14. The van der Waals surface area contributed by atoms with Crippen LogP contribution in [0.2, 0.25) is 0 Å². The van der Waals surface area contributed by atoms with Crippen LogP contribution in [-0.2, 0) is 26.2 Å². The third-order valence-corrected chi connectivity index (χ3v) is 0.730. The van der Waals surface area contributed by atoms with Crippen molar-refractivity contribution in [2.75, 3.05) is 26.4 Å². The second-order valence-corrected chi connectivity index (χ2v) is 3.79. The van der Waals surface area contributed by atoms with Crippen LogP contribution in [0.25, 0.3) is 0 Å². The fourth-order valence-corrected chi connectivity index (χ4v) is 0. The minimum Gasteiger partial charge on any atom is -0.397 e. The molecule has 4 nitrogen and oxygen atoms in total. The minimum atomic E-state index is 0. The molecule has 0 heterocycles. The predicted molar refractivity (Wildman–Crippen MR) is 69.4 cm³/mol. The van der Waals surface area contributed by atoms with Gasteiger partial charge in [-0.2, -0.15) is 0 Å². The van der Waals surface area contributed by atoms with E-state index in [1.807, 2.05) is 27.7 Å². The van der Waals surface area contributed by atoms with E-state index in [9.17, 15) is 0 Å². The molecule has 0 saturated carbocycles. The largest absolute Gasteiger partial charge is 0.397 e. The molecule has 0 aromatic heterocycles. The van der Waals surface area contributed by atoms with E-state index >= 15 is 0 Å². The van der Waals surface area contributed by atoms with Crippen molar-refractivity contribution in [1.29, 1.82) is 0 Å². The topological polar surface area (TPSA) is 80.9 Å². The first kappa shape index (κ1) is 30.6. The summed E-state index contributed by atoms with van der Waals surface area (Å²) in [4.78, 5) is 0. The van der Waals surface area contributed by atoms with Gasteiger partial charge in [0.1, 0.15) is 0 Å². The molecule has 0 atom stereocenters. The van der Waals surface area contributed by atoms with Gasteiger partial charge in [0, 0.05) is 52.6 Å². The molecule has 0 saturated heterocycles. The third kappa shape index (κ3) is 163. The molecule has 4 N–H and O–H groups in total. The molecule has 0 unspecified atom stereocenters. The van der Waals surface area contributed by atoms with E-state index in [1.54, 1.807) is 13.8 Å². The Morgan fingerprint density at radius 3 is 0.706 bits per heavy atom. The normalized spacial score (nSPS) is 7.76. The van der Waals surface area contributed by atoms with Crippen LogP contribution in [0.1, 0.15) is 41.5 Å². The van der Waals surface area contributed by atoms with Crippen molar-refractivity contribution in [2.24, 2.45) is 11.8 Å². The molecule has 0 fully saturated rings. The van der Waals surface area contributed by atoms with E-state index in [0.29, 0.717) is 25.0 Å². The van der Waals surface area contributed by atoms with E-state index in [-0.39, 0.29) is 39.4 Å². The number of hydrogen-bond acceptors (Lipinski definition) is 4. The van der Waals surface area contributed by atoms with Gasteiger partial charge in [-0.15, -0.1) is 0 Å². The van der Waals surface area contributed by atoms with Gasteiger partial charge in [0.25, 0.3) is 0 Å². The van der Waals surface area contributed by atoms with E-state index in [0.717, 1.165) is 0 Å². The molecule has 0 aliphatic carbocycles. The van der Waals surface area contributed by atoms with Crippen LogP contribution in [-0.4, -0.2) is 46.9 Å². The number of aliphatic hydroxyl groups is 4. The molecular weight excluding hydrogens is 299 g/mol. The average Bonchev–Trinajstić information content (AvgIpc) is 2.21. The quantitative estimate of drug-likeness (QED) is 0.614. The van der Waals surface area contributed by atoms with E-state index in [4.69, 9.17) is 20.4 Å². The molecule has 0 aliphatic heterocycles. The van der Waals surface area contributed by atoms with Gasteiger partial charge in [-0.25, -0.2) is 0 Å². The summed E-state index contributed by atoms with van der Waals surface area (Å²) in [5, 5.41) is 31.4. The second-order valence-electron chi connectivity index (χ2n) is 3.79. The van der Waals surface area contributed by atoms with E-state index in [2.05, 4.69) is 0 Å². The van der Waals surface area contributed by atoms with E-state index < -0.39 is 0 Å². The van der Waals surface area contributed by atoms with Crippen molar-refractivity contribution in [2.45, 2.75) is 41.5 Å². The van der Waals surface area contributed by atoms with Crippen LogP contribution in [0, 0.1) is 11.8 Å². The summed E-state index contributed by atoms with van der Waals surface area (Å²) in [6.07, 6.45) is 0. The Kier molecular flexibility index (Phi) is 64.8. The molecule has 0 spiro atoms. The maximum Gasteiger partial charge on any atom is 0.0453 e. The summed E-state index contributed by atoms with van der Waals surface area (Å²) in [6, 6.07) is 0. The van der Waals surface area contributed by atoms with Crippen LogP contribution < -0.4 is 0 Å². The molecule has 0 aliphatic rings. The summed E-state index contributed by atoms with van der Waals surface area (Å²) in [6.45, 7) is 12.4. The van der Waals surface area contributed by atoms with Gasteiger partial charge in [-0.1, -0.05) is 27.7 Å². The molecule has 108 valence electrons. The van der Waals surface area contributed by atoms with Crippen LogP contribution in [0.4, 0.5) is 0 Å². The van der Waals surface area contributed by atoms with Gasteiger partial charge in [0.15, 0.2) is 0 Å². The van der Waals surface area contributed by atoms with Crippen molar-refractivity contribution >= 4 is 0 Å². The Hall–Kier alpha value is 0.723. The maximum atomic E-state index is 8.14. The zero-order valence-electron chi connectivity index (χ0n) is 12.3. The molecule has 0 bridgehead atoms. The van der Waals surface area contributed by atoms with Gasteiger partial charge in [0.2, 0.25) is 0 Å². The Morgan fingerprint density at radius 1 is 0.647 bits per heavy atom. The van der Waals surface area contributed by atoms with Crippen LogP contribution >= 0.6 is 0 Å². The summed E-state index contributed by atoms with van der Waals surface area (Å²) in [5.74, 6) is 0.880.